The summed E-state index contributed by atoms with van der Waals surface area (Å²) >= 11 is 6.19. The fourth-order valence-electron chi connectivity index (χ4n) is 3.63. The number of likely N-dealkylation sites (tertiary alicyclic amines) is 1. The molecule has 2 aliphatic rings. The van der Waals surface area contributed by atoms with Crippen molar-refractivity contribution in [1.29, 1.82) is 0 Å². The zero-order valence-electron chi connectivity index (χ0n) is 16.3. The van der Waals surface area contributed by atoms with Crippen molar-refractivity contribution in [3.63, 3.8) is 0 Å². The van der Waals surface area contributed by atoms with E-state index >= 15 is 0 Å². The Morgan fingerprint density at radius 2 is 1.93 bits per heavy atom. The molecular weight excluding hydrogens is 388 g/mol. The normalized spacial score (nSPS) is 18.9. The molecule has 2 aromatic carbocycles. The van der Waals surface area contributed by atoms with Crippen LogP contribution in [0.1, 0.15) is 46.4 Å². The van der Waals surface area contributed by atoms with E-state index < -0.39 is 0 Å². The number of piperidine rings is 1. The maximum atomic E-state index is 12.8. The van der Waals surface area contributed by atoms with Crippen molar-refractivity contribution in [2.45, 2.75) is 31.7 Å². The van der Waals surface area contributed by atoms with Crippen LogP contribution in [0.3, 0.4) is 0 Å². The maximum absolute atomic E-state index is 12.8. The van der Waals surface area contributed by atoms with E-state index in [1.807, 2.05) is 29.2 Å². The number of hydrogen-bond donors (Lipinski definition) is 1. The molecule has 1 atom stereocenters. The lowest BCUT2D eigenvalue weighted by molar-refractivity contribution is 0.0633. The Hall–Kier alpha value is -2.53. The van der Waals surface area contributed by atoms with Gasteiger partial charge in [0.05, 0.1) is 17.2 Å². The third kappa shape index (κ3) is 5.10. The molecule has 29 heavy (non-hydrogen) atoms. The van der Waals surface area contributed by atoms with Gasteiger partial charge in [-0.15, -0.1) is 0 Å². The zero-order chi connectivity index (χ0) is 20.2. The zero-order valence-corrected chi connectivity index (χ0v) is 17.0. The second-order valence-corrected chi connectivity index (χ2v) is 8.23. The number of nitrogens with one attached hydrogen (secondary N) is 1. The summed E-state index contributed by atoms with van der Waals surface area (Å²) in [5.74, 6) is 0.855. The molecule has 1 saturated carbocycles. The third-order valence-electron chi connectivity index (χ3n) is 5.40. The van der Waals surface area contributed by atoms with Gasteiger partial charge in [-0.25, -0.2) is 0 Å². The van der Waals surface area contributed by atoms with E-state index in [4.69, 9.17) is 16.3 Å². The lowest BCUT2D eigenvalue weighted by Gasteiger charge is -2.33. The van der Waals surface area contributed by atoms with Gasteiger partial charge in [-0.05, 0) is 56.0 Å². The molecule has 0 bridgehead atoms. The largest absolute Gasteiger partial charge is 0.493 e. The number of amides is 2. The molecule has 1 heterocycles. The monoisotopic (exact) mass is 412 g/mol. The molecule has 1 aliphatic heterocycles. The standard InChI is InChI=1S/C23H25ClN2O3/c24-21-9-2-1-8-20(21)23(28)26-12-4-5-16(14-26)15-29-19-7-3-6-17(13-19)22(27)25-18-10-11-18/h1-3,6-9,13,16,18H,4-5,10-12,14-15H2,(H,25,27). The van der Waals surface area contributed by atoms with E-state index in [1.165, 1.54) is 0 Å². The highest BCUT2D eigenvalue weighted by atomic mass is 35.5. The third-order valence-corrected chi connectivity index (χ3v) is 5.73. The van der Waals surface area contributed by atoms with Gasteiger partial charge in [-0.3, -0.25) is 9.59 Å². The number of carbonyl (C=O) groups is 2. The molecule has 6 heteroatoms. The molecule has 5 nitrogen and oxygen atoms in total. The first kappa shape index (κ1) is 19.8. The maximum Gasteiger partial charge on any atom is 0.255 e. The minimum atomic E-state index is -0.0490. The van der Waals surface area contributed by atoms with Gasteiger partial charge in [-0.1, -0.05) is 29.8 Å². The van der Waals surface area contributed by atoms with Crippen molar-refractivity contribution in [3.8, 4) is 5.75 Å². The van der Waals surface area contributed by atoms with Gasteiger partial charge in [-0.2, -0.15) is 0 Å². The van der Waals surface area contributed by atoms with Crippen molar-refractivity contribution < 1.29 is 14.3 Å². The highest BCUT2D eigenvalue weighted by Gasteiger charge is 2.26. The Labute approximate surface area is 176 Å². The van der Waals surface area contributed by atoms with Gasteiger partial charge in [0, 0.05) is 30.6 Å². The number of hydrogen-bond acceptors (Lipinski definition) is 3. The fourth-order valence-corrected chi connectivity index (χ4v) is 3.84. The molecule has 0 aromatic heterocycles. The smallest absolute Gasteiger partial charge is 0.255 e. The van der Waals surface area contributed by atoms with Crippen molar-refractivity contribution in [2.75, 3.05) is 19.7 Å². The van der Waals surface area contributed by atoms with E-state index in [9.17, 15) is 9.59 Å². The summed E-state index contributed by atoms with van der Waals surface area (Å²) in [7, 11) is 0. The summed E-state index contributed by atoms with van der Waals surface area (Å²) in [4.78, 5) is 26.9. The van der Waals surface area contributed by atoms with Gasteiger partial charge < -0.3 is 15.0 Å². The molecular formula is C23H25ClN2O3. The molecule has 1 aliphatic carbocycles. The number of carbonyl (C=O) groups excluding carboxylic acids is 2. The Bertz CT molecular complexity index is 897. The Balaban J connectivity index is 1.33. The van der Waals surface area contributed by atoms with Crippen LogP contribution in [0.2, 0.25) is 5.02 Å². The average molecular weight is 413 g/mol. The number of ether oxygens (including phenoxy) is 1. The van der Waals surface area contributed by atoms with E-state index in [0.29, 0.717) is 41.1 Å². The first-order valence-corrected chi connectivity index (χ1v) is 10.6. The molecule has 152 valence electrons. The van der Waals surface area contributed by atoms with E-state index in [0.717, 1.165) is 32.2 Å². The number of halogens is 1. The number of rotatable bonds is 6. The van der Waals surface area contributed by atoms with Crippen LogP contribution >= 0.6 is 11.6 Å². The fraction of sp³-hybridized carbons (Fsp3) is 0.391. The summed E-state index contributed by atoms with van der Waals surface area (Å²) in [5.41, 5.74) is 1.17. The second kappa shape index (κ2) is 8.87. The lowest BCUT2D eigenvalue weighted by Crippen LogP contribution is -2.41. The molecule has 4 rings (SSSR count). The van der Waals surface area contributed by atoms with E-state index in [1.54, 1.807) is 24.3 Å². The van der Waals surface area contributed by atoms with Crippen LogP contribution in [0.5, 0.6) is 5.75 Å². The Morgan fingerprint density at radius 3 is 2.72 bits per heavy atom. The van der Waals surface area contributed by atoms with Crippen molar-refractivity contribution in [2.24, 2.45) is 5.92 Å². The number of benzene rings is 2. The lowest BCUT2D eigenvalue weighted by atomic mass is 9.98. The van der Waals surface area contributed by atoms with E-state index in [2.05, 4.69) is 5.32 Å². The Morgan fingerprint density at radius 1 is 1.10 bits per heavy atom. The van der Waals surface area contributed by atoms with Crippen LogP contribution in [-0.2, 0) is 0 Å². The molecule has 1 unspecified atom stereocenters. The molecule has 2 aromatic rings. The van der Waals surface area contributed by atoms with Crippen molar-refractivity contribution >= 4 is 23.4 Å². The van der Waals surface area contributed by atoms with Crippen LogP contribution in [0.4, 0.5) is 0 Å². The van der Waals surface area contributed by atoms with Gasteiger partial charge in [0.1, 0.15) is 5.75 Å². The first-order valence-electron chi connectivity index (χ1n) is 10.2. The van der Waals surface area contributed by atoms with Crippen LogP contribution in [0.15, 0.2) is 48.5 Å². The predicted molar refractivity (Wildman–Crippen MR) is 113 cm³/mol. The highest BCUT2D eigenvalue weighted by molar-refractivity contribution is 6.33. The molecule has 0 radical (unpaired) electrons. The summed E-state index contributed by atoms with van der Waals surface area (Å²) in [5, 5.41) is 3.48. The molecule has 1 N–H and O–H groups in total. The van der Waals surface area contributed by atoms with Crippen LogP contribution in [-0.4, -0.2) is 42.5 Å². The minimum Gasteiger partial charge on any atom is -0.493 e. The topological polar surface area (TPSA) is 58.6 Å². The van der Waals surface area contributed by atoms with Crippen molar-refractivity contribution in [1.82, 2.24) is 10.2 Å². The molecule has 2 amide bonds. The molecule has 0 spiro atoms. The van der Waals surface area contributed by atoms with Crippen LogP contribution < -0.4 is 10.1 Å². The average Bonchev–Trinajstić information content (AvgIpc) is 3.56. The summed E-state index contributed by atoms with van der Waals surface area (Å²) < 4.78 is 5.97. The minimum absolute atomic E-state index is 0.0287. The van der Waals surface area contributed by atoms with Crippen LogP contribution in [0, 0.1) is 5.92 Å². The van der Waals surface area contributed by atoms with Crippen LogP contribution in [0.25, 0.3) is 0 Å². The second-order valence-electron chi connectivity index (χ2n) is 7.83. The molecule has 2 fully saturated rings. The molecule has 1 saturated heterocycles. The Kier molecular flexibility index (Phi) is 6.05. The van der Waals surface area contributed by atoms with Gasteiger partial charge in [0.25, 0.3) is 11.8 Å². The summed E-state index contributed by atoms with van der Waals surface area (Å²) in [6.07, 6.45) is 4.07. The van der Waals surface area contributed by atoms with Gasteiger partial charge in [0.15, 0.2) is 0 Å². The number of nitrogens with zero attached hydrogens (tertiary/aromatic N) is 1. The van der Waals surface area contributed by atoms with Gasteiger partial charge in [0.2, 0.25) is 0 Å². The summed E-state index contributed by atoms with van der Waals surface area (Å²) in [6.45, 7) is 1.89. The quantitative estimate of drug-likeness (QED) is 0.774. The predicted octanol–water partition coefficient (Wildman–Crippen LogP) is 4.16. The summed E-state index contributed by atoms with van der Waals surface area (Å²) in [6, 6.07) is 14.8. The van der Waals surface area contributed by atoms with E-state index in [-0.39, 0.29) is 17.7 Å². The highest BCUT2D eigenvalue weighted by Crippen LogP contribution is 2.24. The SMILES string of the molecule is O=C(NC1CC1)c1cccc(OCC2CCCN(C(=O)c3ccccc3Cl)C2)c1. The first-order chi connectivity index (χ1) is 14.1. The van der Waals surface area contributed by atoms with Crippen molar-refractivity contribution in [3.05, 3.63) is 64.7 Å². The van der Waals surface area contributed by atoms with Gasteiger partial charge >= 0.3 is 0 Å².